The van der Waals surface area contributed by atoms with Gasteiger partial charge in [0.05, 0.1) is 19.6 Å². The highest BCUT2D eigenvalue weighted by Gasteiger charge is 2.35. The lowest BCUT2D eigenvalue weighted by atomic mass is 10.1. The second-order valence-corrected chi connectivity index (χ2v) is 6.38. The van der Waals surface area contributed by atoms with Crippen LogP contribution in [0.3, 0.4) is 0 Å². The van der Waals surface area contributed by atoms with Gasteiger partial charge in [0.15, 0.2) is 0 Å². The first-order chi connectivity index (χ1) is 13.5. The van der Waals surface area contributed by atoms with E-state index in [1.165, 1.54) is 36.3 Å². The average Bonchev–Trinajstić information content (AvgIpc) is 3.08. The standard InChI is InChI=1S/C20H20FN3O4/c1-28-17-4-2-3-15(10-17)23-18(25)11-22-20(27)13-9-19(26)24(12-13)16-7-5-14(21)6-8-16/h2-8,10,13H,9,11-12H2,1H3,(H,22,27)(H,23,25)/t13-/m0/s1. The molecule has 1 aliphatic rings. The summed E-state index contributed by atoms with van der Waals surface area (Å²) in [4.78, 5) is 38.0. The van der Waals surface area contributed by atoms with Crippen molar-refractivity contribution in [2.75, 3.05) is 30.4 Å². The van der Waals surface area contributed by atoms with E-state index in [2.05, 4.69) is 10.6 Å². The van der Waals surface area contributed by atoms with Crippen molar-refractivity contribution in [1.29, 1.82) is 0 Å². The SMILES string of the molecule is COc1cccc(NC(=O)CNC(=O)[C@H]2CC(=O)N(c3ccc(F)cc3)C2)c1. The fourth-order valence-corrected chi connectivity index (χ4v) is 2.97. The van der Waals surface area contributed by atoms with Crippen LogP contribution < -0.4 is 20.3 Å². The normalized spacial score (nSPS) is 16.0. The largest absolute Gasteiger partial charge is 0.497 e. The Hall–Kier alpha value is -3.42. The summed E-state index contributed by atoms with van der Waals surface area (Å²) in [6.07, 6.45) is 0.0424. The first kappa shape index (κ1) is 19.3. The number of ether oxygens (including phenoxy) is 1. The smallest absolute Gasteiger partial charge is 0.243 e. The number of hydrogen-bond donors (Lipinski definition) is 2. The van der Waals surface area contributed by atoms with Crippen LogP contribution in [0.25, 0.3) is 0 Å². The maximum atomic E-state index is 13.0. The van der Waals surface area contributed by atoms with Crippen molar-refractivity contribution in [3.05, 3.63) is 54.3 Å². The van der Waals surface area contributed by atoms with E-state index in [-0.39, 0.29) is 37.2 Å². The number of methoxy groups -OCH3 is 1. The lowest BCUT2D eigenvalue weighted by molar-refractivity contribution is -0.127. The number of carbonyl (C=O) groups excluding carboxylic acids is 3. The van der Waals surface area contributed by atoms with E-state index < -0.39 is 11.7 Å². The molecular formula is C20H20FN3O4. The summed E-state index contributed by atoms with van der Waals surface area (Å²) in [6.45, 7) is -0.0227. The lowest BCUT2D eigenvalue weighted by Gasteiger charge is -2.16. The molecule has 3 rings (SSSR count). The molecule has 0 bridgehead atoms. The average molecular weight is 385 g/mol. The van der Waals surface area contributed by atoms with Gasteiger partial charge in [0.25, 0.3) is 0 Å². The van der Waals surface area contributed by atoms with Gasteiger partial charge in [-0.05, 0) is 36.4 Å². The highest BCUT2D eigenvalue weighted by Crippen LogP contribution is 2.25. The number of rotatable bonds is 6. The summed E-state index contributed by atoms with van der Waals surface area (Å²) in [6, 6.07) is 12.4. The number of nitrogens with zero attached hydrogens (tertiary/aromatic N) is 1. The number of halogens is 1. The molecule has 2 aromatic rings. The molecule has 2 N–H and O–H groups in total. The van der Waals surface area contributed by atoms with Crippen molar-refractivity contribution in [3.63, 3.8) is 0 Å². The van der Waals surface area contributed by atoms with Gasteiger partial charge in [-0.1, -0.05) is 6.07 Å². The first-order valence-electron chi connectivity index (χ1n) is 8.74. The van der Waals surface area contributed by atoms with Crippen LogP contribution in [-0.2, 0) is 14.4 Å². The monoisotopic (exact) mass is 385 g/mol. The molecule has 1 atom stereocenters. The zero-order chi connectivity index (χ0) is 20.1. The molecular weight excluding hydrogens is 365 g/mol. The number of carbonyl (C=O) groups is 3. The maximum Gasteiger partial charge on any atom is 0.243 e. The number of nitrogens with one attached hydrogen (secondary N) is 2. The van der Waals surface area contributed by atoms with Crippen molar-refractivity contribution in [2.24, 2.45) is 5.92 Å². The fraction of sp³-hybridized carbons (Fsp3) is 0.250. The summed E-state index contributed by atoms with van der Waals surface area (Å²) in [5.41, 5.74) is 1.09. The Morgan fingerprint density at radius 1 is 1.21 bits per heavy atom. The van der Waals surface area contributed by atoms with Crippen molar-refractivity contribution in [1.82, 2.24) is 5.32 Å². The Bertz CT molecular complexity index is 885. The van der Waals surface area contributed by atoms with Crippen molar-refractivity contribution in [2.45, 2.75) is 6.42 Å². The van der Waals surface area contributed by atoms with E-state index in [1.54, 1.807) is 24.3 Å². The third kappa shape index (κ3) is 4.64. The second kappa shape index (κ2) is 8.51. The molecule has 146 valence electrons. The molecule has 0 spiro atoms. The topological polar surface area (TPSA) is 87.7 Å². The van der Waals surface area contributed by atoms with Gasteiger partial charge in [0, 0.05) is 30.4 Å². The van der Waals surface area contributed by atoms with Crippen LogP contribution in [0.4, 0.5) is 15.8 Å². The van der Waals surface area contributed by atoms with Crippen LogP contribution in [0.15, 0.2) is 48.5 Å². The molecule has 0 aliphatic carbocycles. The molecule has 0 radical (unpaired) electrons. The molecule has 7 nitrogen and oxygen atoms in total. The van der Waals surface area contributed by atoms with Gasteiger partial charge in [0.1, 0.15) is 11.6 Å². The van der Waals surface area contributed by atoms with Crippen LogP contribution in [0.5, 0.6) is 5.75 Å². The Morgan fingerprint density at radius 2 is 1.96 bits per heavy atom. The highest BCUT2D eigenvalue weighted by atomic mass is 19.1. The Kier molecular flexibility index (Phi) is 5.88. The minimum absolute atomic E-state index is 0.0424. The van der Waals surface area contributed by atoms with Gasteiger partial charge >= 0.3 is 0 Å². The number of hydrogen-bond acceptors (Lipinski definition) is 4. The van der Waals surface area contributed by atoms with E-state index in [9.17, 15) is 18.8 Å². The summed E-state index contributed by atoms with van der Waals surface area (Å²) < 4.78 is 18.1. The van der Waals surface area contributed by atoms with Gasteiger partial charge in [-0.2, -0.15) is 0 Å². The van der Waals surface area contributed by atoms with E-state index in [0.29, 0.717) is 17.1 Å². The quantitative estimate of drug-likeness (QED) is 0.796. The molecule has 1 aliphatic heterocycles. The Morgan fingerprint density at radius 3 is 2.68 bits per heavy atom. The predicted octanol–water partition coefficient (Wildman–Crippen LogP) is 1.94. The summed E-state index contributed by atoms with van der Waals surface area (Å²) in [5, 5.41) is 5.22. The van der Waals surface area contributed by atoms with Gasteiger partial charge in [-0.15, -0.1) is 0 Å². The number of amides is 3. The highest BCUT2D eigenvalue weighted by molar-refractivity contribution is 6.01. The van der Waals surface area contributed by atoms with Gasteiger partial charge in [-0.3, -0.25) is 14.4 Å². The molecule has 8 heteroatoms. The summed E-state index contributed by atoms with van der Waals surface area (Å²) in [5.74, 6) is -1.34. The molecule has 28 heavy (non-hydrogen) atoms. The second-order valence-electron chi connectivity index (χ2n) is 6.38. The summed E-state index contributed by atoms with van der Waals surface area (Å²) in [7, 11) is 1.53. The fourth-order valence-electron chi connectivity index (χ4n) is 2.97. The van der Waals surface area contributed by atoms with Crippen molar-refractivity contribution in [3.8, 4) is 5.75 Å². The summed E-state index contributed by atoms with van der Waals surface area (Å²) >= 11 is 0. The van der Waals surface area contributed by atoms with Crippen molar-refractivity contribution < 1.29 is 23.5 Å². The lowest BCUT2D eigenvalue weighted by Crippen LogP contribution is -2.37. The molecule has 1 fully saturated rings. The molecule has 1 saturated heterocycles. The minimum atomic E-state index is -0.567. The maximum absolute atomic E-state index is 13.0. The first-order valence-corrected chi connectivity index (χ1v) is 8.74. The van der Waals surface area contributed by atoms with Crippen LogP contribution in [0, 0.1) is 11.7 Å². The van der Waals surface area contributed by atoms with E-state index in [1.807, 2.05) is 0 Å². The third-order valence-corrected chi connectivity index (χ3v) is 4.41. The molecule has 1 heterocycles. The van der Waals surface area contributed by atoms with E-state index in [0.717, 1.165) is 0 Å². The van der Waals surface area contributed by atoms with E-state index in [4.69, 9.17) is 4.74 Å². The third-order valence-electron chi connectivity index (χ3n) is 4.41. The predicted molar refractivity (Wildman–Crippen MR) is 101 cm³/mol. The Labute approximate surface area is 161 Å². The van der Waals surface area contributed by atoms with Gasteiger partial charge in [-0.25, -0.2) is 4.39 Å². The minimum Gasteiger partial charge on any atom is -0.497 e. The van der Waals surface area contributed by atoms with Gasteiger partial charge in [0.2, 0.25) is 17.7 Å². The number of anilines is 2. The Balaban J connectivity index is 1.51. The van der Waals surface area contributed by atoms with Gasteiger partial charge < -0.3 is 20.3 Å². The molecule has 2 aromatic carbocycles. The van der Waals surface area contributed by atoms with Crippen LogP contribution in [-0.4, -0.2) is 37.9 Å². The molecule has 0 aromatic heterocycles. The number of benzene rings is 2. The molecule has 0 saturated carbocycles. The van der Waals surface area contributed by atoms with Crippen LogP contribution in [0.1, 0.15) is 6.42 Å². The zero-order valence-corrected chi connectivity index (χ0v) is 15.3. The molecule has 3 amide bonds. The van der Waals surface area contributed by atoms with Crippen molar-refractivity contribution >= 4 is 29.1 Å². The van der Waals surface area contributed by atoms with Crippen LogP contribution in [0.2, 0.25) is 0 Å². The van der Waals surface area contributed by atoms with E-state index >= 15 is 0 Å². The molecule has 0 unspecified atom stereocenters. The van der Waals surface area contributed by atoms with Crippen LogP contribution >= 0.6 is 0 Å². The zero-order valence-electron chi connectivity index (χ0n) is 15.3.